The number of ether oxygens (including phenoxy) is 1. The Morgan fingerprint density at radius 2 is 2.18 bits per heavy atom. The first kappa shape index (κ1) is 18.0. The van der Waals surface area contributed by atoms with E-state index in [1.807, 2.05) is 0 Å². The van der Waals surface area contributed by atoms with E-state index >= 15 is 0 Å². The van der Waals surface area contributed by atoms with Crippen LogP contribution in [0.4, 0.5) is 11.6 Å². The number of nitrogens with one attached hydrogen (secondary N) is 2. The first-order valence-corrected chi connectivity index (χ1v) is 9.16. The molecule has 0 aliphatic heterocycles. The quantitative estimate of drug-likeness (QED) is 0.597. The summed E-state index contributed by atoms with van der Waals surface area (Å²) in [6.07, 6.45) is 5.54. The number of hydrogen-bond acceptors (Lipinski definition) is 7. The number of carbonyl (C=O) groups is 2. The molecule has 4 rings (SSSR count). The molecule has 3 aromatic heterocycles. The molecule has 10 nitrogen and oxygen atoms in total. The maximum atomic E-state index is 12.7. The second kappa shape index (κ2) is 7.29. The normalized spacial score (nSPS) is 13.5. The number of fused-ring (bicyclic) bond motifs is 1. The van der Waals surface area contributed by atoms with Crippen LogP contribution in [0.2, 0.25) is 0 Å². The number of esters is 1. The first-order chi connectivity index (χ1) is 13.5. The molecule has 1 saturated carbocycles. The van der Waals surface area contributed by atoms with Gasteiger partial charge in [0.15, 0.2) is 5.65 Å². The highest BCUT2D eigenvalue weighted by Crippen LogP contribution is 2.28. The molecule has 28 heavy (non-hydrogen) atoms. The van der Waals surface area contributed by atoms with Gasteiger partial charge in [0, 0.05) is 31.5 Å². The van der Waals surface area contributed by atoms with Gasteiger partial charge in [-0.1, -0.05) is 0 Å². The van der Waals surface area contributed by atoms with Crippen molar-refractivity contribution in [3.63, 3.8) is 0 Å². The summed E-state index contributed by atoms with van der Waals surface area (Å²) in [4.78, 5) is 29.2. The zero-order valence-corrected chi connectivity index (χ0v) is 15.7. The molecular formula is C18H21N7O3. The maximum absolute atomic E-state index is 12.7. The SMILES string of the molecule is CCOC(=O)c1cnn(C)c1C(=O)Nc1ccn2nc(NCC3CC3)nc2c1. The number of hydrogen-bond donors (Lipinski definition) is 2. The monoisotopic (exact) mass is 383 g/mol. The smallest absolute Gasteiger partial charge is 0.342 e. The Bertz CT molecular complexity index is 1040. The molecule has 1 aliphatic rings. The van der Waals surface area contributed by atoms with Crippen molar-refractivity contribution in [2.45, 2.75) is 19.8 Å². The van der Waals surface area contributed by atoms with E-state index < -0.39 is 11.9 Å². The lowest BCUT2D eigenvalue weighted by Crippen LogP contribution is -2.20. The van der Waals surface area contributed by atoms with Crippen LogP contribution in [-0.2, 0) is 11.8 Å². The van der Waals surface area contributed by atoms with Crippen molar-refractivity contribution in [3.8, 4) is 0 Å². The van der Waals surface area contributed by atoms with Crippen LogP contribution >= 0.6 is 0 Å². The fourth-order valence-corrected chi connectivity index (χ4v) is 2.85. The summed E-state index contributed by atoms with van der Waals surface area (Å²) in [6, 6.07) is 3.43. The van der Waals surface area contributed by atoms with Crippen molar-refractivity contribution >= 4 is 29.2 Å². The maximum Gasteiger partial charge on any atom is 0.342 e. The molecule has 2 N–H and O–H groups in total. The van der Waals surface area contributed by atoms with Crippen LogP contribution in [-0.4, -0.2) is 49.4 Å². The number of aromatic nitrogens is 5. The van der Waals surface area contributed by atoms with Gasteiger partial charge in [0.05, 0.1) is 12.8 Å². The second-order valence-corrected chi connectivity index (χ2v) is 6.68. The van der Waals surface area contributed by atoms with Gasteiger partial charge >= 0.3 is 5.97 Å². The van der Waals surface area contributed by atoms with E-state index in [0.29, 0.717) is 23.2 Å². The molecular weight excluding hydrogens is 362 g/mol. The second-order valence-electron chi connectivity index (χ2n) is 6.68. The Balaban J connectivity index is 1.52. The Morgan fingerprint density at radius 3 is 2.93 bits per heavy atom. The van der Waals surface area contributed by atoms with Gasteiger partial charge in [-0.05, 0) is 31.7 Å². The van der Waals surface area contributed by atoms with Gasteiger partial charge in [-0.15, -0.1) is 5.10 Å². The van der Waals surface area contributed by atoms with Gasteiger partial charge in [0.2, 0.25) is 5.95 Å². The lowest BCUT2D eigenvalue weighted by atomic mass is 10.2. The van der Waals surface area contributed by atoms with Gasteiger partial charge in [0.1, 0.15) is 11.3 Å². The van der Waals surface area contributed by atoms with Crippen molar-refractivity contribution < 1.29 is 14.3 Å². The highest BCUT2D eigenvalue weighted by Gasteiger charge is 2.23. The van der Waals surface area contributed by atoms with E-state index in [1.54, 1.807) is 36.8 Å². The minimum atomic E-state index is -0.583. The van der Waals surface area contributed by atoms with Crippen molar-refractivity contribution in [2.75, 3.05) is 23.8 Å². The fourth-order valence-electron chi connectivity index (χ4n) is 2.85. The van der Waals surface area contributed by atoms with Crippen molar-refractivity contribution in [1.82, 2.24) is 24.4 Å². The number of amides is 1. The summed E-state index contributed by atoms with van der Waals surface area (Å²) >= 11 is 0. The minimum absolute atomic E-state index is 0.122. The summed E-state index contributed by atoms with van der Waals surface area (Å²) in [5.41, 5.74) is 1.39. The topological polar surface area (TPSA) is 115 Å². The Hall–Kier alpha value is -3.43. The number of nitrogens with zero attached hydrogens (tertiary/aromatic N) is 5. The number of pyridine rings is 1. The van der Waals surface area contributed by atoms with Crippen molar-refractivity contribution in [2.24, 2.45) is 13.0 Å². The Kier molecular flexibility index (Phi) is 4.68. The third kappa shape index (κ3) is 3.66. The molecule has 1 amide bonds. The standard InChI is InChI=1S/C18H21N7O3/c1-3-28-17(27)13-10-20-24(2)15(13)16(26)21-12-6-7-25-14(8-12)22-18(23-25)19-9-11-4-5-11/h6-8,10-11H,3-5,9H2,1-2H3,(H,19,23)(H,21,26). The van der Waals surface area contributed by atoms with Crippen LogP contribution in [0.15, 0.2) is 24.5 Å². The van der Waals surface area contributed by atoms with Crippen molar-refractivity contribution in [1.29, 1.82) is 0 Å². The molecule has 1 aliphatic carbocycles. The van der Waals surface area contributed by atoms with Crippen LogP contribution in [0, 0.1) is 5.92 Å². The van der Waals surface area contributed by atoms with E-state index in [4.69, 9.17) is 4.74 Å². The van der Waals surface area contributed by atoms with Crippen LogP contribution < -0.4 is 10.6 Å². The molecule has 3 heterocycles. The van der Waals surface area contributed by atoms with Gasteiger partial charge in [-0.3, -0.25) is 9.48 Å². The molecule has 1 fully saturated rings. The molecule has 0 spiro atoms. The van der Waals surface area contributed by atoms with E-state index in [-0.39, 0.29) is 17.9 Å². The van der Waals surface area contributed by atoms with Gasteiger partial charge in [-0.2, -0.15) is 10.1 Å². The van der Waals surface area contributed by atoms with Gasteiger partial charge < -0.3 is 15.4 Å². The molecule has 0 aromatic carbocycles. The number of aryl methyl sites for hydroxylation is 1. The molecule has 0 saturated heterocycles. The number of rotatable bonds is 7. The molecule has 10 heteroatoms. The highest BCUT2D eigenvalue weighted by molar-refractivity contribution is 6.10. The first-order valence-electron chi connectivity index (χ1n) is 9.16. The van der Waals surface area contributed by atoms with Crippen molar-refractivity contribution in [3.05, 3.63) is 35.8 Å². The average Bonchev–Trinajstić information content (AvgIpc) is 3.28. The van der Waals surface area contributed by atoms with Crippen LogP contribution in [0.25, 0.3) is 5.65 Å². The molecule has 146 valence electrons. The van der Waals surface area contributed by atoms with E-state index in [1.165, 1.54) is 23.7 Å². The zero-order chi connectivity index (χ0) is 19.7. The Morgan fingerprint density at radius 1 is 1.36 bits per heavy atom. The number of anilines is 2. The largest absolute Gasteiger partial charge is 0.462 e. The summed E-state index contributed by atoms with van der Waals surface area (Å²) in [6.45, 7) is 2.79. The minimum Gasteiger partial charge on any atom is -0.462 e. The predicted molar refractivity (Wildman–Crippen MR) is 101 cm³/mol. The van der Waals surface area contributed by atoms with Gasteiger partial charge in [-0.25, -0.2) is 9.31 Å². The fraction of sp³-hybridized carbons (Fsp3) is 0.389. The summed E-state index contributed by atoms with van der Waals surface area (Å²) in [7, 11) is 1.59. The van der Waals surface area contributed by atoms with E-state index in [9.17, 15) is 9.59 Å². The van der Waals surface area contributed by atoms with Crippen LogP contribution in [0.3, 0.4) is 0 Å². The molecule has 0 radical (unpaired) electrons. The average molecular weight is 383 g/mol. The lowest BCUT2D eigenvalue weighted by Gasteiger charge is -2.07. The lowest BCUT2D eigenvalue weighted by molar-refractivity contribution is 0.0523. The Labute approximate surface area is 160 Å². The summed E-state index contributed by atoms with van der Waals surface area (Å²) in [5.74, 6) is 0.236. The third-order valence-corrected chi connectivity index (χ3v) is 4.49. The van der Waals surface area contributed by atoms with E-state index in [2.05, 4.69) is 25.8 Å². The highest BCUT2D eigenvalue weighted by atomic mass is 16.5. The van der Waals surface area contributed by atoms with Gasteiger partial charge in [0.25, 0.3) is 5.91 Å². The number of carbonyl (C=O) groups excluding carboxylic acids is 2. The predicted octanol–water partition coefficient (Wildman–Crippen LogP) is 1.71. The summed E-state index contributed by atoms with van der Waals surface area (Å²) < 4.78 is 7.97. The van der Waals surface area contributed by atoms with E-state index in [0.717, 1.165) is 6.54 Å². The van der Waals surface area contributed by atoms with Crippen LogP contribution in [0.1, 0.15) is 40.6 Å². The summed E-state index contributed by atoms with van der Waals surface area (Å²) in [5, 5.41) is 14.4. The molecule has 3 aromatic rings. The van der Waals surface area contributed by atoms with Crippen LogP contribution in [0.5, 0.6) is 0 Å². The third-order valence-electron chi connectivity index (χ3n) is 4.49. The molecule has 0 bridgehead atoms. The zero-order valence-electron chi connectivity index (χ0n) is 15.7. The molecule has 0 unspecified atom stereocenters. The molecule has 0 atom stereocenters.